The molecule has 1 aliphatic rings. The second-order valence-electron chi connectivity index (χ2n) is 6.13. The molecule has 2 aromatic rings. The Bertz CT molecular complexity index is 919. The van der Waals surface area contributed by atoms with Crippen LogP contribution in [-0.4, -0.2) is 30.4 Å². The van der Waals surface area contributed by atoms with Gasteiger partial charge in [-0.2, -0.15) is 18.3 Å². The van der Waals surface area contributed by atoms with Gasteiger partial charge in [-0.3, -0.25) is 4.57 Å². The number of carbonyl (C=O) groups is 1. The fraction of sp³-hybridized carbons (Fsp3) is 0.467. The van der Waals surface area contributed by atoms with Crippen LogP contribution in [0.4, 0.5) is 17.6 Å². The van der Waals surface area contributed by atoms with Gasteiger partial charge in [-0.1, -0.05) is 6.92 Å². The van der Waals surface area contributed by atoms with Gasteiger partial charge in [0.2, 0.25) is 0 Å². The van der Waals surface area contributed by atoms with Crippen molar-refractivity contribution < 1.29 is 27.5 Å². The first-order chi connectivity index (χ1) is 12.1. The van der Waals surface area contributed by atoms with E-state index in [0.29, 0.717) is 6.42 Å². The second kappa shape index (κ2) is 6.22. The summed E-state index contributed by atoms with van der Waals surface area (Å²) in [4.78, 5) is 26.9. The molecule has 140 valence electrons. The molecule has 7 nitrogen and oxygen atoms in total. The van der Waals surface area contributed by atoms with Crippen LogP contribution in [0, 0.1) is 5.82 Å². The maximum absolute atomic E-state index is 14.1. The molecule has 0 spiro atoms. The molecule has 26 heavy (non-hydrogen) atoms. The van der Waals surface area contributed by atoms with Crippen LogP contribution in [0.5, 0.6) is 0 Å². The number of aliphatic carboxylic acids is 1. The standard InChI is InChI=1S/C15H14F4N4O3/c1-7-2-3-9(13(24)25)23-12(7)21-22(14(23)26)6-8-4-5-20-11(10(8)16)15(17,18)19/h4-5,7,9H,2-3,6H2,1H3,(H,24,25)/t7-,9-/m1/s1. The maximum Gasteiger partial charge on any atom is 0.436 e. The lowest BCUT2D eigenvalue weighted by molar-refractivity contribution is -0.144. The van der Waals surface area contributed by atoms with E-state index in [1.807, 2.05) is 0 Å². The molecule has 3 heterocycles. The van der Waals surface area contributed by atoms with E-state index in [0.717, 1.165) is 21.5 Å². The largest absolute Gasteiger partial charge is 0.480 e. The summed E-state index contributed by atoms with van der Waals surface area (Å²) < 4.78 is 54.2. The number of hydrogen-bond acceptors (Lipinski definition) is 4. The van der Waals surface area contributed by atoms with Crippen LogP contribution in [0.15, 0.2) is 17.1 Å². The Morgan fingerprint density at radius 1 is 1.38 bits per heavy atom. The zero-order chi connectivity index (χ0) is 19.2. The molecule has 2 atom stereocenters. The number of fused-ring (bicyclic) bond motifs is 1. The SMILES string of the molecule is C[C@@H]1CC[C@H](C(=O)O)n2c1nn(Cc1ccnc(C(F)(F)F)c1F)c2=O. The Hall–Kier alpha value is -2.72. The first kappa shape index (κ1) is 18.1. The van der Waals surface area contributed by atoms with Crippen LogP contribution in [0.25, 0.3) is 0 Å². The Kier molecular flexibility index (Phi) is 4.32. The van der Waals surface area contributed by atoms with Crippen molar-refractivity contribution in [2.45, 2.75) is 44.4 Å². The van der Waals surface area contributed by atoms with Crippen molar-refractivity contribution in [3.05, 3.63) is 45.6 Å². The number of aromatic nitrogens is 4. The van der Waals surface area contributed by atoms with Gasteiger partial charge < -0.3 is 5.11 Å². The number of pyridine rings is 1. The molecule has 0 aliphatic carbocycles. The van der Waals surface area contributed by atoms with Crippen LogP contribution < -0.4 is 5.69 Å². The van der Waals surface area contributed by atoms with Gasteiger partial charge in [0.15, 0.2) is 11.5 Å². The van der Waals surface area contributed by atoms with Crippen molar-refractivity contribution in [2.75, 3.05) is 0 Å². The van der Waals surface area contributed by atoms with Crippen LogP contribution >= 0.6 is 0 Å². The number of halogens is 4. The normalized spacial score (nSPS) is 20.0. The van der Waals surface area contributed by atoms with Crippen molar-refractivity contribution in [3.8, 4) is 0 Å². The summed E-state index contributed by atoms with van der Waals surface area (Å²) in [7, 11) is 0. The summed E-state index contributed by atoms with van der Waals surface area (Å²) in [5.41, 5.74) is -2.89. The van der Waals surface area contributed by atoms with Gasteiger partial charge in [0.05, 0.1) is 6.54 Å². The highest BCUT2D eigenvalue weighted by molar-refractivity contribution is 5.72. The van der Waals surface area contributed by atoms with Gasteiger partial charge in [0.25, 0.3) is 0 Å². The highest BCUT2D eigenvalue weighted by atomic mass is 19.4. The lowest BCUT2D eigenvalue weighted by Crippen LogP contribution is -2.35. The molecule has 0 unspecified atom stereocenters. The van der Waals surface area contributed by atoms with E-state index in [1.165, 1.54) is 0 Å². The minimum atomic E-state index is -4.97. The van der Waals surface area contributed by atoms with E-state index >= 15 is 0 Å². The average Bonchev–Trinajstić information content (AvgIpc) is 2.86. The molecule has 0 saturated carbocycles. The van der Waals surface area contributed by atoms with Gasteiger partial charge in [-0.05, 0) is 18.9 Å². The maximum atomic E-state index is 14.1. The molecular formula is C15H14F4N4O3. The van der Waals surface area contributed by atoms with Crippen LogP contribution in [0.2, 0.25) is 0 Å². The van der Waals surface area contributed by atoms with E-state index in [2.05, 4.69) is 10.1 Å². The Morgan fingerprint density at radius 2 is 2.08 bits per heavy atom. The van der Waals surface area contributed by atoms with Gasteiger partial charge in [-0.15, -0.1) is 0 Å². The predicted molar refractivity (Wildman–Crippen MR) is 79.1 cm³/mol. The summed E-state index contributed by atoms with van der Waals surface area (Å²) >= 11 is 0. The van der Waals surface area contributed by atoms with Gasteiger partial charge in [0.1, 0.15) is 11.9 Å². The summed E-state index contributed by atoms with van der Waals surface area (Å²) in [6, 6.07) is -0.0801. The molecular weight excluding hydrogens is 360 g/mol. The zero-order valence-electron chi connectivity index (χ0n) is 13.5. The third-order valence-corrected chi connectivity index (χ3v) is 4.37. The fourth-order valence-corrected chi connectivity index (χ4v) is 3.03. The molecule has 1 N–H and O–H groups in total. The van der Waals surface area contributed by atoms with E-state index in [9.17, 15) is 32.3 Å². The Morgan fingerprint density at radius 3 is 2.69 bits per heavy atom. The van der Waals surface area contributed by atoms with Crippen molar-refractivity contribution in [2.24, 2.45) is 0 Å². The number of carboxylic acid groups (broad SMARTS) is 1. The lowest BCUT2D eigenvalue weighted by Gasteiger charge is -2.23. The fourth-order valence-electron chi connectivity index (χ4n) is 3.03. The molecule has 0 fully saturated rings. The van der Waals surface area contributed by atoms with Crippen LogP contribution in [0.3, 0.4) is 0 Å². The highest BCUT2D eigenvalue weighted by Crippen LogP contribution is 2.32. The lowest BCUT2D eigenvalue weighted by atomic mass is 9.96. The topological polar surface area (TPSA) is 90.0 Å². The molecule has 1 aliphatic heterocycles. The second-order valence-corrected chi connectivity index (χ2v) is 6.13. The molecule has 0 saturated heterocycles. The molecule has 0 bridgehead atoms. The minimum Gasteiger partial charge on any atom is -0.480 e. The molecule has 0 aromatic carbocycles. The summed E-state index contributed by atoms with van der Waals surface area (Å²) in [6.45, 7) is 1.20. The molecule has 3 rings (SSSR count). The summed E-state index contributed by atoms with van der Waals surface area (Å²) in [6.07, 6.45) is -3.45. The Balaban J connectivity index is 2.05. The van der Waals surface area contributed by atoms with Gasteiger partial charge >= 0.3 is 17.8 Å². The number of hydrogen-bond donors (Lipinski definition) is 1. The van der Waals surface area contributed by atoms with Crippen LogP contribution in [-0.2, 0) is 17.5 Å². The van der Waals surface area contributed by atoms with E-state index in [1.54, 1.807) is 6.92 Å². The zero-order valence-corrected chi connectivity index (χ0v) is 13.5. The number of nitrogens with zero attached hydrogens (tertiary/aromatic N) is 4. The third-order valence-electron chi connectivity index (χ3n) is 4.37. The van der Waals surface area contributed by atoms with Crippen molar-refractivity contribution >= 4 is 5.97 Å². The molecule has 2 aromatic heterocycles. The van der Waals surface area contributed by atoms with Gasteiger partial charge in [-0.25, -0.2) is 23.6 Å². The molecule has 0 radical (unpaired) electrons. The average molecular weight is 374 g/mol. The van der Waals surface area contributed by atoms with E-state index in [4.69, 9.17) is 0 Å². The monoisotopic (exact) mass is 374 g/mol. The van der Waals surface area contributed by atoms with Crippen molar-refractivity contribution in [1.29, 1.82) is 0 Å². The predicted octanol–water partition coefficient (Wildman–Crippen LogP) is 2.17. The Labute approximate surface area is 143 Å². The first-order valence-electron chi connectivity index (χ1n) is 7.74. The number of alkyl halides is 3. The third kappa shape index (κ3) is 2.97. The summed E-state index contributed by atoms with van der Waals surface area (Å²) in [5, 5.41) is 13.3. The molecule has 11 heteroatoms. The molecule has 0 amide bonds. The van der Waals surface area contributed by atoms with Crippen molar-refractivity contribution in [1.82, 2.24) is 19.3 Å². The first-order valence-corrected chi connectivity index (χ1v) is 7.74. The van der Waals surface area contributed by atoms with Crippen LogP contribution in [0.1, 0.15) is 48.8 Å². The van der Waals surface area contributed by atoms with E-state index < -0.39 is 47.5 Å². The highest BCUT2D eigenvalue weighted by Gasteiger charge is 2.37. The number of rotatable bonds is 3. The smallest absolute Gasteiger partial charge is 0.436 e. The quantitative estimate of drug-likeness (QED) is 0.832. The minimum absolute atomic E-state index is 0.201. The van der Waals surface area contributed by atoms with E-state index in [-0.39, 0.29) is 18.2 Å². The summed E-state index contributed by atoms with van der Waals surface area (Å²) in [5.74, 6) is -2.76. The van der Waals surface area contributed by atoms with Gasteiger partial charge in [0, 0.05) is 17.7 Å². The number of carboxylic acids is 1. The van der Waals surface area contributed by atoms with Crippen molar-refractivity contribution in [3.63, 3.8) is 0 Å².